The normalized spacial score (nSPS) is 11.0. The average molecular weight is 438 g/mol. The molecule has 0 saturated heterocycles. The fraction of sp³-hybridized carbons (Fsp3) is 0.280. The maximum absolute atomic E-state index is 13.1. The minimum absolute atomic E-state index is 0.0587. The molecule has 3 rings (SSSR count). The largest absolute Gasteiger partial charge is 0.491 e. The van der Waals surface area contributed by atoms with Crippen molar-refractivity contribution in [2.75, 3.05) is 26.7 Å². The maximum Gasteiger partial charge on any atom is 0.320 e. The number of carbonyl (C=O) groups is 2. The monoisotopic (exact) mass is 437 g/mol. The standard InChI is InChI=1S/C25H27NO4S/c1-18(2)30-24(27)17-26(3)13-14-29-22-12-11-20(19-8-5-4-6-9-19)16-21(22)25(28)23-10-7-15-31-23/h4-12,15-16,18H,13-14,17H2,1-3H3. The van der Waals surface area contributed by atoms with Crippen LogP contribution in [-0.4, -0.2) is 49.5 Å². The molecule has 0 fully saturated rings. The second-order valence-electron chi connectivity index (χ2n) is 7.51. The molecule has 3 aromatic rings. The van der Waals surface area contributed by atoms with Crippen LogP contribution in [-0.2, 0) is 9.53 Å². The van der Waals surface area contributed by atoms with Crippen LogP contribution in [0.25, 0.3) is 11.1 Å². The highest BCUT2D eigenvalue weighted by Crippen LogP contribution is 2.29. The molecule has 0 saturated carbocycles. The van der Waals surface area contributed by atoms with Crippen molar-refractivity contribution in [3.63, 3.8) is 0 Å². The number of esters is 1. The summed E-state index contributed by atoms with van der Waals surface area (Å²) < 4.78 is 11.1. The summed E-state index contributed by atoms with van der Waals surface area (Å²) in [6.07, 6.45) is -0.133. The minimum atomic E-state index is -0.265. The van der Waals surface area contributed by atoms with Gasteiger partial charge in [-0.25, -0.2) is 0 Å². The first kappa shape index (κ1) is 22.7. The Labute approximate surface area is 187 Å². The second kappa shape index (κ2) is 10.9. The topological polar surface area (TPSA) is 55.8 Å². The van der Waals surface area contributed by atoms with Crippen LogP contribution in [0.2, 0.25) is 0 Å². The summed E-state index contributed by atoms with van der Waals surface area (Å²) in [5, 5.41) is 1.89. The van der Waals surface area contributed by atoms with E-state index in [9.17, 15) is 9.59 Å². The Hall–Kier alpha value is -2.96. The van der Waals surface area contributed by atoms with Crippen LogP contribution in [0.15, 0.2) is 66.0 Å². The van der Waals surface area contributed by atoms with Crippen molar-refractivity contribution in [1.82, 2.24) is 4.90 Å². The molecule has 0 amide bonds. The fourth-order valence-electron chi connectivity index (χ4n) is 3.09. The summed E-state index contributed by atoms with van der Waals surface area (Å²) in [6.45, 7) is 4.72. The molecule has 0 atom stereocenters. The van der Waals surface area contributed by atoms with E-state index in [0.717, 1.165) is 11.1 Å². The van der Waals surface area contributed by atoms with Gasteiger partial charge in [0.25, 0.3) is 0 Å². The molecule has 0 spiro atoms. The molecule has 1 aromatic heterocycles. The lowest BCUT2D eigenvalue weighted by Crippen LogP contribution is -2.32. The molecule has 0 N–H and O–H groups in total. The Kier molecular flexibility index (Phi) is 7.98. The van der Waals surface area contributed by atoms with E-state index in [1.54, 1.807) is 0 Å². The third kappa shape index (κ3) is 6.51. The molecule has 31 heavy (non-hydrogen) atoms. The van der Waals surface area contributed by atoms with Gasteiger partial charge in [-0.2, -0.15) is 0 Å². The van der Waals surface area contributed by atoms with Crippen LogP contribution < -0.4 is 4.74 Å². The third-order valence-electron chi connectivity index (χ3n) is 4.57. The summed E-state index contributed by atoms with van der Waals surface area (Å²) in [5.41, 5.74) is 2.53. The van der Waals surface area contributed by atoms with E-state index >= 15 is 0 Å². The van der Waals surface area contributed by atoms with E-state index in [0.29, 0.717) is 29.3 Å². The lowest BCUT2D eigenvalue weighted by Gasteiger charge is -2.18. The quantitative estimate of drug-likeness (QED) is 0.333. The Morgan fingerprint density at radius 1 is 1.00 bits per heavy atom. The maximum atomic E-state index is 13.1. The molecule has 6 heteroatoms. The first-order chi connectivity index (χ1) is 14.9. The number of hydrogen-bond acceptors (Lipinski definition) is 6. The van der Waals surface area contributed by atoms with Gasteiger partial charge in [0.05, 0.1) is 23.1 Å². The van der Waals surface area contributed by atoms with Crippen LogP contribution in [0.5, 0.6) is 5.75 Å². The molecule has 0 aliphatic rings. The first-order valence-electron chi connectivity index (χ1n) is 10.2. The van der Waals surface area contributed by atoms with Gasteiger partial charge in [-0.15, -0.1) is 11.3 Å². The molecular formula is C25H27NO4S. The number of thiophene rings is 1. The van der Waals surface area contributed by atoms with Gasteiger partial charge in [0.15, 0.2) is 0 Å². The van der Waals surface area contributed by atoms with Crippen LogP contribution in [0.1, 0.15) is 29.1 Å². The molecule has 0 radical (unpaired) electrons. The molecule has 0 aliphatic carbocycles. The summed E-state index contributed by atoms with van der Waals surface area (Å²) in [4.78, 5) is 27.4. The van der Waals surface area contributed by atoms with Crippen molar-refractivity contribution in [2.24, 2.45) is 0 Å². The Morgan fingerprint density at radius 3 is 2.45 bits per heavy atom. The molecule has 0 bridgehead atoms. The first-order valence-corrected chi connectivity index (χ1v) is 11.1. The Balaban J connectivity index is 1.73. The number of likely N-dealkylation sites (N-methyl/N-ethyl adjacent to an activating group) is 1. The number of rotatable bonds is 10. The van der Waals surface area contributed by atoms with E-state index in [2.05, 4.69) is 0 Å². The van der Waals surface area contributed by atoms with Gasteiger partial charge in [-0.05, 0) is 55.6 Å². The van der Waals surface area contributed by atoms with Crippen LogP contribution >= 0.6 is 11.3 Å². The number of ketones is 1. The summed E-state index contributed by atoms with van der Waals surface area (Å²) in [7, 11) is 1.83. The van der Waals surface area contributed by atoms with Gasteiger partial charge < -0.3 is 9.47 Å². The lowest BCUT2D eigenvalue weighted by molar-refractivity contribution is -0.148. The van der Waals surface area contributed by atoms with Gasteiger partial charge in [0, 0.05) is 6.54 Å². The van der Waals surface area contributed by atoms with Crippen molar-refractivity contribution in [1.29, 1.82) is 0 Å². The number of hydrogen-bond donors (Lipinski definition) is 0. The molecule has 2 aromatic carbocycles. The summed E-state index contributed by atoms with van der Waals surface area (Å²) >= 11 is 1.41. The van der Waals surface area contributed by atoms with E-state index in [1.807, 2.05) is 91.8 Å². The molecule has 0 unspecified atom stereocenters. The average Bonchev–Trinajstić information content (AvgIpc) is 3.28. The predicted molar refractivity (Wildman–Crippen MR) is 124 cm³/mol. The molecular weight excluding hydrogens is 410 g/mol. The van der Waals surface area contributed by atoms with E-state index in [4.69, 9.17) is 9.47 Å². The van der Waals surface area contributed by atoms with Crippen LogP contribution in [0.4, 0.5) is 0 Å². The summed E-state index contributed by atoms with van der Waals surface area (Å²) in [5.74, 6) is 0.214. The van der Waals surface area contributed by atoms with Gasteiger partial charge >= 0.3 is 5.97 Å². The molecule has 0 aliphatic heterocycles. The predicted octanol–water partition coefficient (Wildman–Crippen LogP) is 4.91. The number of carbonyl (C=O) groups excluding carboxylic acids is 2. The van der Waals surface area contributed by atoms with Gasteiger partial charge in [0.1, 0.15) is 12.4 Å². The highest BCUT2D eigenvalue weighted by Gasteiger charge is 2.18. The second-order valence-corrected chi connectivity index (χ2v) is 8.46. The highest BCUT2D eigenvalue weighted by atomic mass is 32.1. The fourth-order valence-corrected chi connectivity index (χ4v) is 3.77. The smallest absolute Gasteiger partial charge is 0.320 e. The zero-order valence-electron chi connectivity index (χ0n) is 18.0. The van der Waals surface area contributed by atoms with Crippen molar-refractivity contribution in [3.8, 4) is 16.9 Å². The molecule has 5 nitrogen and oxygen atoms in total. The van der Waals surface area contributed by atoms with Gasteiger partial charge in [0.2, 0.25) is 5.78 Å². The number of ether oxygens (including phenoxy) is 2. The minimum Gasteiger partial charge on any atom is -0.491 e. The van der Waals surface area contributed by atoms with Crippen LogP contribution in [0.3, 0.4) is 0 Å². The lowest BCUT2D eigenvalue weighted by atomic mass is 10.00. The zero-order valence-corrected chi connectivity index (χ0v) is 18.9. The SMILES string of the molecule is CC(C)OC(=O)CN(C)CCOc1ccc(-c2ccccc2)cc1C(=O)c1cccs1. The summed E-state index contributed by atoms with van der Waals surface area (Å²) in [6, 6.07) is 19.3. The highest BCUT2D eigenvalue weighted by molar-refractivity contribution is 7.12. The van der Waals surface area contributed by atoms with Crippen molar-refractivity contribution >= 4 is 23.1 Å². The zero-order chi connectivity index (χ0) is 22.2. The Morgan fingerprint density at radius 2 is 1.77 bits per heavy atom. The van der Waals surface area contributed by atoms with E-state index in [-0.39, 0.29) is 24.4 Å². The van der Waals surface area contributed by atoms with Crippen molar-refractivity contribution < 1.29 is 19.1 Å². The van der Waals surface area contributed by atoms with Gasteiger partial charge in [-0.3, -0.25) is 14.5 Å². The third-order valence-corrected chi connectivity index (χ3v) is 5.44. The van der Waals surface area contributed by atoms with E-state index < -0.39 is 0 Å². The number of benzene rings is 2. The van der Waals surface area contributed by atoms with Crippen LogP contribution in [0, 0.1) is 0 Å². The molecule has 1 heterocycles. The van der Waals surface area contributed by atoms with Gasteiger partial charge in [-0.1, -0.05) is 42.5 Å². The van der Waals surface area contributed by atoms with Crippen molar-refractivity contribution in [3.05, 3.63) is 76.5 Å². The molecule has 162 valence electrons. The van der Waals surface area contributed by atoms with E-state index in [1.165, 1.54) is 11.3 Å². The van der Waals surface area contributed by atoms with Crippen molar-refractivity contribution in [2.45, 2.75) is 20.0 Å². The number of nitrogens with zero attached hydrogens (tertiary/aromatic N) is 1. The Bertz CT molecular complexity index is 1000.